The van der Waals surface area contributed by atoms with Gasteiger partial charge < -0.3 is 10.6 Å². The van der Waals surface area contributed by atoms with Gasteiger partial charge in [-0.15, -0.1) is 11.8 Å². The first kappa shape index (κ1) is 11.9. The van der Waals surface area contributed by atoms with Crippen LogP contribution in [-0.4, -0.2) is 30.7 Å². The standard InChI is InChI=1S/C11H16N2OS/c1-13(2)11(14)6-7-15-10-5-3-4-9(12)8-10/h3-5,8H,6-7,12H2,1-2H3. The van der Waals surface area contributed by atoms with Crippen LogP contribution < -0.4 is 5.73 Å². The number of anilines is 1. The Kier molecular flexibility index (Phi) is 4.49. The fourth-order valence-electron chi connectivity index (χ4n) is 1.08. The van der Waals surface area contributed by atoms with Gasteiger partial charge in [-0.1, -0.05) is 6.07 Å². The van der Waals surface area contributed by atoms with Crippen LogP contribution in [-0.2, 0) is 4.79 Å². The summed E-state index contributed by atoms with van der Waals surface area (Å²) in [6, 6.07) is 7.70. The van der Waals surface area contributed by atoms with Crippen LogP contribution in [0.15, 0.2) is 29.2 Å². The topological polar surface area (TPSA) is 46.3 Å². The van der Waals surface area contributed by atoms with Gasteiger partial charge in [-0.25, -0.2) is 0 Å². The second-order valence-corrected chi connectivity index (χ2v) is 4.63. The van der Waals surface area contributed by atoms with Crippen molar-refractivity contribution in [1.82, 2.24) is 4.90 Å². The third-order valence-corrected chi connectivity index (χ3v) is 2.94. The molecular formula is C11H16N2OS. The molecule has 82 valence electrons. The van der Waals surface area contributed by atoms with Crippen LogP contribution >= 0.6 is 11.8 Å². The Morgan fingerprint density at radius 3 is 2.80 bits per heavy atom. The second kappa shape index (κ2) is 5.66. The minimum atomic E-state index is 0.159. The molecule has 0 saturated heterocycles. The average molecular weight is 224 g/mol. The summed E-state index contributed by atoms with van der Waals surface area (Å²) in [4.78, 5) is 14.0. The van der Waals surface area contributed by atoms with Crippen LogP contribution in [0.25, 0.3) is 0 Å². The number of hydrogen-bond acceptors (Lipinski definition) is 3. The molecule has 3 nitrogen and oxygen atoms in total. The molecule has 0 aliphatic carbocycles. The summed E-state index contributed by atoms with van der Waals surface area (Å²) in [5, 5.41) is 0. The molecule has 0 spiro atoms. The van der Waals surface area contributed by atoms with Gasteiger partial charge in [-0.05, 0) is 18.2 Å². The molecular weight excluding hydrogens is 208 g/mol. The monoisotopic (exact) mass is 224 g/mol. The lowest BCUT2D eigenvalue weighted by Gasteiger charge is -2.09. The molecule has 0 aromatic heterocycles. The van der Waals surface area contributed by atoms with Crippen molar-refractivity contribution in [2.24, 2.45) is 0 Å². The first-order valence-electron chi connectivity index (χ1n) is 4.78. The van der Waals surface area contributed by atoms with Crippen molar-refractivity contribution in [3.05, 3.63) is 24.3 Å². The summed E-state index contributed by atoms with van der Waals surface area (Å²) in [5.41, 5.74) is 6.41. The van der Waals surface area contributed by atoms with Gasteiger partial charge in [0.2, 0.25) is 5.91 Å². The summed E-state index contributed by atoms with van der Waals surface area (Å²) in [5.74, 6) is 0.951. The van der Waals surface area contributed by atoms with Gasteiger partial charge in [0.05, 0.1) is 0 Å². The van der Waals surface area contributed by atoms with Crippen LogP contribution in [0.5, 0.6) is 0 Å². The summed E-state index contributed by atoms with van der Waals surface area (Å²) >= 11 is 1.65. The maximum Gasteiger partial charge on any atom is 0.222 e. The van der Waals surface area contributed by atoms with Crippen molar-refractivity contribution in [2.75, 3.05) is 25.6 Å². The number of nitrogens with zero attached hydrogens (tertiary/aromatic N) is 1. The zero-order valence-corrected chi connectivity index (χ0v) is 9.88. The Morgan fingerprint density at radius 2 is 2.20 bits per heavy atom. The molecule has 0 radical (unpaired) electrons. The lowest BCUT2D eigenvalue weighted by atomic mass is 10.3. The molecule has 1 amide bonds. The van der Waals surface area contributed by atoms with E-state index < -0.39 is 0 Å². The molecule has 1 aromatic carbocycles. The smallest absolute Gasteiger partial charge is 0.222 e. The fraction of sp³-hybridized carbons (Fsp3) is 0.364. The number of hydrogen-bond donors (Lipinski definition) is 1. The minimum Gasteiger partial charge on any atom is -0.399 e. The van der Waals surface area contributed by atoms with E-state index in [-0.39, 0.29) is 5.91 Å². The Labute approximate surface area is 94.6 Å². The SMILES string of the molecule is CN(C)C(=O)CCSc1cccc(N)c1. The van der Waals surface area contributed by atoms with Crippen LogP contribution in [0, 0.1) is 0 Å². The highest BCUT2D eigenvalue weighted by Crippen LogP contribution is 2.20. The van der Waals surface area contributed by atoms with Crippen LogP contribution in [0.3, 0.4) is 0 Å². The molecule has 0 heterocycles. The molecule has 0 fully saturated rings. The third kappa shape index (κ3) is 4.25. The van der Waals surface area contributed by atoms with Crippen molar-refractivity contribution >= 4 is 23.4 Å². The van der Waals surface area contributed by atoms with E-state index in [1.54, 1.807) is 30.8 Å². The number of benzene rings is 1. The highest BCUT2D eigenvalue weighted by molar-refractivity contribution is 7.99. The molecule has 0 aliphatic rings. The van der Waals surface area contributed by atoms with E-state index in [4.69, 9.17) is 5.73 Å². The highest BCUT2D eigenvalue weighted by Gasteiger charge is 2.03. The van der Waals surface area contributed by atoms with Crippen molar-refractivity contribution in [1.29, 1.82) is 0 Å². The van der Waals surface area contributed by atoms with Crippen LogP contribution in [0.2, 0.25) is 0 Å². The number of rotatable bonds is 4. The number of thioether (sulfide) groups is 1. The Morgan fingerprint density at radius 1 is 1.47 bits per heavy atom. The maximum atomic E-state index is 11.3. The van der Waals surface area contributed by atoms with E-state index in [1.165, 1.54) is 0 Å². The quantitative estimate of drug-likeness (QED) is 0.627. The van der Waals surface area contributed by atoms with Crippen molar-refractivity contribution < 1.29 is 4.79 Å². The lowest BCUT2D eigenvalue weighted by Crippen LogP contribution is -2.21. The largest absolute Gasteiger partial charge is 0.399 e. The van der Waals surface area contributed by atoms with Crippen LogP contribution in [0.1, 0.15) is 6.42 Å². The van der Waals surface area contributed by atoms with Crippen molar-refractivity contribution in [3.63, 3.8) is 0 Å². The molecule has 0 unspecified atom stereocenters. The normalized spacial score (nSPS) is 10.0. The predicted octanol–water partition coefficient (Wildman–Crippen LogP) is 1.84. The summed E-state index contributed by atoms with van der Waals surface area (Å²) in [7, 11) is 3.54. The van der Waals surface area contributed by atoms with Gasteiger partial charge in [0.25, 0.3) is 0 Å². The number of carbonyl (C=O) groups is 1. The van der Waals surface area contributed by atoms with E-state index >= 15 is 0 Å². The number of nitrogen functional groups attached to an aromatic ring is 1. The summed E-state index contributed by atoms with van der Waals surface area (Å²) < 4.78 is 0. The molecule has 2 N–H and O–H groups in total. The van der Waals surface area contributed by atoms with Gasteiger partial charge in [-0.3, -0.25) is 4.79 Å². The fourth-order valence-corrected chi connectivity index (χ4v) is 1.99. The van der Waals surface area contributed by atoms with E-state index in [0.717, 1.165) is 16.3 Å². The van der Waals surface area contributed by atoms with Gasteiger partial charge >= 0.3 is 0 Å². The number of nitrogens with two attached hydrogens (primary N) is 1. The highest BCUT2D eigenvalue weighted by atomic mass is 32.2. The van der Waals surface area contributed by atoms with E-state index in [0.29, 0.717) is 6.42 Å². The summed E-state index contributed by atoms with van der Waals surface area (Å²) in [6.07, 6.45) is 0.562. The average Bonchev–Trinajstić information content (AvgIpc) is 2.17. The molecule has 1 rings (SSSR count). The Hall–Kier alpha value is -1.16. The molecule has 0 aliphatic heterocycles. The van der Waals surface area contributed by atoms with Gasteiger partial charge in [-0.2, -0.15) is 0 Å². The number of amides is 1. The maximum absolute atomic E-state index is 11.3. The van der Waals surface area contributed by atoms with E-state index in [2.05, 4.69) is 0 Å². The van der Waals surface area contributed by atoms with Crippen molar-refractivity contribution in [2.45, 2.75) is 11.3 Å². The summed E-state index contributed by atoms with van der Waals surface area (Å²) in [6.45, 7) is 0. The predicted molar refractivity (Wildman–Crippen MR) is 64.9 cm³/mol. The van der Waals surface area contributed by atoms with Gasteiger partial charge in [0.15, 0.2) is 0 Å². The Balaban J connectivity index is 2.35. The molecule has 0 saturated carbocycles. The molecule has 4 heteroatoms. The van der Waals surface area contributed by atoms with Gasteiger partial charge in [0, 0.05) is 36.9 Å². The number of carbonyl (C=O) groups excluding carboxylic acids is 1. The second-order valence-electron chi connectivity index (χ2n) is 3.46. The third-order valence-electron chi connectivity index (χ3n) is 1.94. The van der Waals surface area contributed by atoms with Crippen molar-refractivity contribution in [3.8, 4) is 0 Å². The molecule has 1 aromatic rings. The first-order chi connectivity index (χ1) is 7.09. The molecule has 15 heavy (non-hydrogen) atoms. The van der Waals surface area contributed by atoms with Gasteiger partial charge in [0.1, 0.15) is 0 Å². The zero-order valence-electron chi connectivity index (χ0n) is 9.06. The Bertz CT molecular complexity index is 339. The van der Waals surface area contributed by atoms with E-state index in [9.17, 15) is 4.79 Å². The molecule has 0 atom stereocenters. The minimum absolute atomic E-state index is 0.159. The van der Waals surface area contributed by atoms with E-state index in [1.807, 2.05) is 24.3 Å². The first-order valence-corrected chi connectivity index (χ1v) is 5.76. The molecule has 0 bridgehead atoms. The lowest BCUT2D eigenvalue weighted by molar-refractivity contribution is -0.128. The zero-order chi connectivity index (χ0) is 11.3. The van der Waals surface area contributed by atoms with Crippen LogP contribution in [0.4, 0.5) is 5.69 Å².